The fourth-order valence-corrected chi connectivity index (χ4v) is 3.48. The van der Waals surface area contributed by atoms with E-state index in [4.69, 9.17) is 0 Å². The van der Waals surface area contributed by atoms with Crippen molar-refractivity contribution in [2.45, 2.75) is 71.6 Å². The van der Waals surface area contributed by atoms with Gasteiger partial charge >= 0.3 is 0 Å². The Labute approximate surface area is 143 Å². The summed E-state index contributed by atoms with van der Waals surface area (Å²) in [5.74, 6) is 0.522. The number of benzene rings is 2. The Morgan fingerprint density at radius 3 is 1.74 bits per heavy atom. The van der Waals surface area contributed by atoms with Crippen LogP contribution in [-0.4, -0.2) is 0 Å². The fourth-order valence-electron chi connectivity index (χ4n) is 3.48. The summed E-state index contributed by atoms with van der Waals surface area (Å²) in [7, 11) is 0. The van der Waals surface area contributed by atoms with Crippen molar-refractivity contribution < 1.29 is 0 Å². The van der Waals surface area contributed by atoms with Crippen LogP contribution >= 0.6 is 0 Å². The van der Waals surface area contributed by atoms with E-state index in [1.807, 2.05) is 0 Å². The smallest absolute Gasteiger partial charge is 0.0129 e. The van der Waals surface area contributed by atoms with E-state index in [0.29, 0.717) is 5.92 Å². The van der Waals surface area contributed by atoms with Crippen LogP contribution in [0.3, 0.4) is 0 Å². The lowest BCUT2D eigenvalue weighted by atomic mass is 9.77. The summed E-state index contributed by atoms with van der Waals surface area (Å²) in [5, 5.41) is 0. The molecule has 0 amide bonds. The van der Waals surface area contributed by atoms with Gasteiger partial charge in [-0.2, -0.15) is 0 Å². The van der Waals surface area contributed by atoms with Gasteiger partial charge in [-0.05, 0) is 45.4 Å². The second-order valence-corrected chi connectivity index (χ2v) is 8.85. The molecule has 2 rings (SSSR count). The zero-order valence-corrected chi connectivity index (χ0v) is 15.9. The molecule has 0 aliphatic carbocycles. The van der Waals surface area contributed by atoms with Crippen molar-refractivity contribution in [1.82, 2.24) is 0 Å². The average molecular weight is 309 g/mol. The van der Waals surface area contributed by atoms with Gasteiger partial charge in [-0.25, -0.2) is 0 Å². The van der Waals surface area contributed by atoms with Crippen LogP contribution in [0.25, 0.3) is 0 Å². The molecule has 0 saturated carbocycles. The summed E-state index contributed by atoms with van der Waals surface area (Å²) >= 11 is 0. The minimum absolute atomic E-state index is 0.189. The van der Waals surface area contributed by atoms with Crippen molar-refractivity contribution in [1.29, 1.82) is 0 Å². The molecule has 0 radical (unpaired) electrons. The molecule has 0 nitrogen and oxygen atoms in total. The van der Waals surface area contributed by atoms with Crippen molar-refractivity contribution in [3.8, 4) is 0 Å². The summed E-state index contributed by atoms with van der Waals surface area (Å²) in [6.07, 6.45) is 1.10. The zero-order valence-electron chi connectivity index (χ0n) is 15.9. The average Bonchev–Trinajstić information content (AvgIpc) is 2.46. The first-order chi connectivity index (χ1) is 10.6. The molecule has 0 saturated heterocycles. The van der Waals surface area contributed by atoms with Crippen LogP contribution in [0.2, 0.25) is 0 Å². The van der Waals surface area contributed by atoms with Gasteiger partial charge in [0.2, 0.25) is 0 Å². The predicted octanol–water partition coefficient (Wildman–Crippen LogP) is 6.63. The Balaban J connectivity index is 2.37. The number of rotatable bonds is 3. The van der Waals surface area contributed by atoms with E-state index in [9.17, 15) is 0 Å². The first kappa shape index (κ1) is 17.8. The summed E-state index contributed by atoms with van der Waals surface area (Å²) in [5.41, 5.74) is 6.30. The maximum Gasteiger partial charge on any atom is -0.0129 e. The Morgan fingerprint density at radius 1 is 0.696 bits per heavy atom. The molecule has 1 atom stereocenters. The lowest BCUT2D eigenvalue weighted by Gasteiger charge is -2.28. The molecular weight excluding hydrogens is 276 g/mol. The van der Waals surface area contributed by atoms with E-state index in [1.165, 1.54) is 22.3 Å². The molecule has 0 spiro atoms. The minimum Gasteiger partial charge on any atom is -0.0620 e. The zero-order chi connectivity index (χ0) is 17.3. The van der Waals surface area contributed by atoms with Crippen molar-refractivity contribution in [2.24, 2.45) is 0 Å². The molecule has 0 aromatic heterocycles. The van der Waals surface area contributed by atoms with E-state index in [1.54, 1.807) is 0 Å². The monoisotopic (exact) mass is 308 g/mol. The standard InChI is InChI=1S/C23H32/c1-17(19-13-9-11-15-21(19)23(5,6)7)16-18-12-8-10-14-20(18)22(2,3)4/h8-15,17H,16H2,1-7H3. The minimum atomic E-state index is 0.189. The third-order valence-electron chi connectivity index (χ3n) is 4.65. The van der Waals surface area contributed by atoms with Gasteiger partial charge in [-0.15, -0.1) is 0 Å². The van der Waals surface area contributed by atoms with Gasteiger partial charge in [0.05, 0.1) is 0 Å². The lowest BCUT2D eigenvalue weighted by Crippen LogP contribution is -2.18. The van der Waals surface area contributed by atoms with E-state index >= 15 is 0 Å². The Morgan fingerprint density at radius 2 is 1.17 bits per heavy atom. The third-order valence-corrected chi connectivity index (χ3v) is 4.65. The maximum absolute atomic E-state index is 2.37. The lowest BCUT2D eigenvalue weighted by molar-refractivity contribution is 0.563. The quantitative estimate of drug-likeness (QED) is 0.597. The van der Waals surface area contributed by atoms with Crippen LogP contribution in [-0.2, 0) is 17.3 Å². The fraction of sp³-hybridized carbons (Fsp3) is 0.478. The molecule has 2 aromatic rings. The summed E-state index contributed by atoms with van der Waals surface area (Å²) in [4.78, 5) is 0. The first-order valence-corrected chi connectivity index (χ1v) is 8.78. The van der Waals surface area contributed by atoms with Crippen molar-refractivity contribution >= 4 is 0 Å². The van der Waals surface area contributed by atoms with E-state index in [-0.39, 0.29) is 10.8 Å². The van der Waals surface area contributed by atoms with E-state index in [2.05, 4.69) is 97.0 Å². The van der Waals surface area contributed by atoms with Crippen LogP contribution < -0.4 is 0 Å². The molecule has 23 heavy (non-hydrogen) atoms. The van der Waals surface area contributed by atoms with Gasteiger partial charge in [-0.1, -0.05) is 97.0 Å². The topological polar surface area (TPSA) is 0 Å². The normalized spacial score (nSPS) is 13.9. The number of hydrogen-bond donors (Lipinski definition) is 0. The summed E-state index contributed by atoms with van der Waals surface area (Å²) in [6.45, 7) is 16.2. The molecule has 0 heteroatoms. The third kappa shape index (κ3) is 4.25. The summed E-state index contributed by atoms with van der Waals surface area (Å²) in [6, 6.07) is 17.9. The molecule has 0 heterocycles. The first-order valence-electron chi connectivity index (χ1n) is 8.78. The molecule has 2 aromatic carbocycles. The second kappa shape index (κ2) is 6.51. The van der Waals surface area contributed by atoms with Gasteiger partial charge in [0.1, 0.15) is 0 Å². The van der Waals surface area contributed by atoms with Crippen LogP contribution in [0, 0.1) is 0 Å². The molecule has 0 bridgehead atoms. The SMILES string of the molecule is CC(Cc1ccccc1C(C)(C)C)c1ccccc1C(C)(C)C. The van der Waals surface area contributed by atoms with Crippen LogP contribution in [0.1, 0.15) is 76.6 Å². The van der Waals surface area contributed by atoms with Crippen LogP contribution in [0.15, 0.2) is 48.5 Å². The maximum atomic E-state index is 2.37. The summed E-state index contributed by atoms with van der Waals surface area (Å²) < 4.78 is 0. The van der Waals surface area contributed by atoms with Gasteiger partial charge in [0.25, 0.3) is 0 Å². The molecule has 0 fully saturated rings. The molecule has 1 unspecified atom stereocenters. The molecule has 124 valence electrons. The largest absolute Gasteiger partial charge is 0.0620 e. The van der Waals surface area contributed by atoms with Crippen molar-refractivity contribution in [2.75, 3.05) is 0 Å². The molecule has 0 aliphatic rings. The highest BCUT2D eigenvalue weighted by Gasteiger charge is 2.23. The van der Waals surface area contributed by atoms with Crippen LogP contribution in [0.5, 0.6) is 0 Å². The van der Waals surface area contributed by atoms with Gasteiger partial charge in [-0.3, -0.25) is 0 Å². The number of hydrogen-bond acceptors (Lipinski definition) is 0. The highest BCUT2D eigenvalue weighted by atomic mass is 14.3. The van der Waals surface area contributed by atoms with Gasteiger partial charge < -0.3 is 0 Å². The Kier molecular flexibility index (Phi) is 5.04. The van der Waals surface area contributed by atoms with Crippen molar-refractivity contribution in [3.05, 3.63) is 70.8 Å². The Bertz CT molecular complexity index is 650. The highest BCUT2D eigenvalue weighted by Crippen LogP contribution is 2.34. The van der Waals surface area contributed by atoms with Gasteiger partial charge in [0.15, 0.2) is 0 Å². The molecule has 0 N–H and O–H groups in total. The van der Waals surface area contributed by atoms with E-state index in [0.717, 1.165) is 6.42 Å². The Hall–Kier alpha value is -1.56. The van der Waals surface area contributed by atoms with Crippen LogP contribution in [0.4, 0.5) is 0 Å². The predicted molar refractivity (Wildman–Crippen MR) is 102 cm³/mol. The molecule has 0 aliphatic heterocycles. The molecular formula is C23H32. The second-order valence-electron chi connectivity index (χ2n) is 8.85. The van der Waals surface area contributed by atoms with E-state index < -0.39 is 0 Å². The van der Waals surface area contributed by atoms with Crippen molar-refractivity contribution in [3.63, 3.8) is 0 Å². The van der Waals surface area contributed by atoms with Gasteiger partial charge in [0, 0.05) is 0 Å². The highest BCUT2D eigenvalue weighted by molar-refractivity contribution is 5.39.